The molecule has 1 amide bonds. The molecule has 0 aliphatic rings. The predicted octanol–water partition coefficient (Wildman–Crippen LogP) is 4.41. The predicted molar refractivity (Wildman–Crippen MR) is 106 cm³/mol. The van der Waals surface area contributed by atoms with Crippen molar-refractivity contribution in [2.45, 2.75) is 20.3 Å². The fourth-order valence-electron chi connectivity index (χ4n) is 2.91. The van der Waals surface area contributed by atoms with E-state index in [0.29, 0.717) is 12.1 Å². The van der Waals surface area contributed by atoms with Crippen LogP contribution in [-0.4, -0.2) is 17.4 Å². The average molecular weight is 345 g/mol. The molecular formula is C22H23N3O. The number of anilines is 2. The topological polar surface area (TPSA) is 54.0 Å². The van der Waals surface area contributed by atoms with Gasteiger partial charge in [-0.1, -0.05) is 36.4 Å². The van der Waals surface area contributed by atoms with E-state index in [1.807, 2.05) is 24.3 Å². The first-order valence-corrected chi connectivity index (χ1v) is 8.73. The van der Waals surface area contributed by atoms with Gasteiger partial charge in [0.25, 0.3) is 5.91 Å². The highest BCUT2D eigenvalue weighted by Crippen LogP contribution is 2.19. The van der Waals surface area contributed by atoms with Crippen molar-refractivity contribution in [3.05, 3.63) is 89.2 Å². The van der Waals surface area contributed by atoms with Crippen LogP contribution in [0.15, 0.2) is 67.0 Å². The fourth-order valence-corrected chi connectivity index (χ4v) is 2.91. The second-order valence-corrected chi connectivity index (χ2v) is 6.46. The van der Waals surface area contributed by atoms with Crippen molar-refractivity contribution in [1.29, 1.82) is 0 Å². The van der Waals surface area contributed by atoms with Crippen LogP contribution in [0, 0.1) is 13.8 Å². The summed E-state index contributed by atoms with van der Waals surface area (Å²) < 4.78 is 0. The van der Waals surface area contributed by atoms with E-state index in [9.17, 15) is 4.79 Å². The highest BCUT2D eigenvalue weighted by molar-refractivity contribution is 5.94. The van der Waals surface area contributed by atoms with Crippen LogP contribution in [0.5, 0.6) is 0 Å². The molecule has 2 aromatic carbocycles. The SMILES string of the molecule is Cc1cc(C)cc(Nc2cncc(C(=O)NCCc3ccccc3)c2)c1. The Kier molecular flexibility index (Phi) is 5.64. The van der Waals surface area contributed by atoms with Gasteiger partial charge >= 0.3 is 0 Å². The number of hydrogen-bond donors (Lipinski definition) is 2. The van der Waals surface area contributed by atoms with Gasteiger partial charge in [-0.15, -0.1) is 0 Å². The van der Waals surface area contributed by atoms with Gasteiger partial charge in [0, 0.05) is 18.4 Å². The Hall–Kier alpha value is -3.14. The zero-order valence-electron chi connectivity index (χ0n) is 15.1. The number of pyridine rings is 1. The van der Waals surface area contributed by atoms with E-state index >= 15 is 0 Å². The van der Waals surface area contributed by atoms with Gasteiger partial charge in [-0.2, -0.15) is 0 Å². The van der Waals surface area contributed by atoms with E-state index in [0.717, 1.165) is 17.8 Å². The van der Waals surface area contributed by atoms with Crippen molar-refractivity contribution in [2.75, 3.05) is 11.9 Å². The molecule has 1 heterocycles. The molecule has 0 radical (unpaired) electrons. The van der Waals surface area contributed by atoms with Gasteiger partial charge in [0.05, 0.1) is 17.4 Å². The Morgan fingerprint density at radius 2 is 1.65 bits per heavy atom. The Morgan fingerprint density at radius 1 is 0.923 bits per heavy atom. The highest BCUT2D eigenvalue weighted by Gasteiger charge is 2.07. The number of amides is 1. The van der Waals surface area contributed by atoms with Crippen molar-refractivity contribution in [3.63, 3.8) is 0 Å². The molecule has 0 bridgehead atoms. The van der Waals surface area contributed by atoms with Crippen LogP contribution in [0.1, 0.15) is 27.0 Å². The molecule has 0 saturated carbocycles. The summed E-state index contributed by atoms with van der Waals surface area (Å²) >= 11 is 0. The van der Waals surface area contributed by atoms with Crippen LogP contribution < -0.4 is 10.6 Å². The molecule has 4 nitrogen and oxygen atoms in total. The number of aryl methyl sites for hydroxylation is 2. The molecule has 132 valence electrons. The molecule has 1 aromatic heterocycles. The van der Waals surface area contributed by atoms with Crippen molar-refractivity contribution in [1.82, 2.24) is 10.3 Å². The monoisotopic (exact) mass is 345 g/mol. The van der Waals surface area contributed by atoms with Crippen LogP contribution >= 0.6 is 0 Å². The minimum Gasteiger partial charge on any atom is -0.354 e. The summed E-state index contributed by atoms with van der Waals surface area (Å²) in [6.45, 7) is 4.72. The van der Waals surface area contributed by atoms with Gasteiger partial charge in [0.15, 0.2) is 0 Å². The normalized spacial score (nSPS) is 10.4. The molecule has 26 heavy (non-hydrogen) atoms. The standard InChI is InChI=1S/C22H23N3O/c1-16-10-17(2)12-20(11-16)25-21-13-19(14-23-15-21)22(26)24-9-8-18-6-4-3-5-7-18/h3-7,10-15,25H,8-9H2,1-2H3,(H,24,26). The van der Waals surface area contributed by atoms with Gasteiger partial charge in [0.1, 0.15) is 0 Å². The zero-order valence-corrected chi connectivity index (χ0v) is 15.1. The number of hydrogen-bond acceptors (Lipinski definition) is 3. The second-order valence-electron chi connectivity index (χ2n) is 6.46. The first-order chi connectivity index (χ1) is 12.6. The number of nitrogens with zero attached hydrogens (tertiary/aromatic N) is 1. The van der Waals surface area contributed by atoms with Gasteiger partial charge in [-0.05, 0) is 55.2 Å². The van der Waals surface area contributed by atoms with E-state index in [1.165, 1.54) is 16.7 Å². The minimum atomic E-state index is -0.113. The molecule has 2 N–H and O–H groups in total. The minimum absolute atomic E-state index is 0.113. The molecule has 0 saturated heterocycles. The maximum Gasteiger partial charge on any atom is 0.252 e. The molecule has 0 fully saturated rings. The fraction of sp³-hybridized carbons (Fsp3) is 0.182. The summed E-state index contributed by atoms with van der Waals surface area (Å²) in [7, 11) is 0. The summed E-state index contributed by atoms with van der Waals surface area (Å²) in [5.41, 5.74) is 5.92. The molecule has 0 aliphatic carbocycles. The summed E-state index contributed by atoms with van der Waals surface area (Å²) in [5.74, 6) is -0.113. The highest BCUT2D eigenvalue weighted by atomic mass is 16.1. The zero-order chi connectivity index (χ0) is 18.4. The Labute approximate surface area is 154 Å². The molecular weight excluding hydrogens is 322 g/mol. The second kappa shape index (κ2) is 8.30. The average Bonchev–Trinajstić information content (AvgIpc) is 2.62. The Bertz CT molecular complexity index is 871. The van der Waals surface area contributed by atoms with Crippen molar-refractivity contribution in [2.24, 2.45) is 0 Å². The first kappa shape index (κ1) is 17.7. The third-order valence-corrected chi connectivity index (χ3v) is 4.05. The number of carbonyl (C=O) groups is 1. The quantitative estimate of drug-likeness (QED) is 0.695. The number of benzene rings is 2. The van der Waals surface area contributed by atoms with Crippen LogP contribution in [0.25, 0.3) is 0 Å². The van der Waals surface area contributed by atoms with E-state index < -0.39 is 0 Å². The number of nitrogens with one attached hydrogen (secondary N) is 2. The maximum atomic E-state index is 12.4. The largest absolute Gasteiger partial charge is 0.354 e. The summed E-state index contributed by atoms with van der Waals surface area (Å²) in [6, 6.07) is 18.2. The van der Waals surface area contributed by atoms with Gasteiger partial charge < -0.3 is 10.6 Å². The lowest BCUT2D eigenvalue weighted by Crippen LogP contribution is -2.25. The van der Waals surface area contributed by atoms with Crippen LogP contribution in [-0.2, 0) is 6.42 Å². The molecule has 0 atom stereocenters. The number of carbonyl (C=O) groups excluding carboxylic acids is 1. The lowest BCUT2D eigenvalue weighted by atomic mass is 10.1. The summed E-state index contributed by atoms with van der Waals surface area (Å²) in [4.78, 5) is 16.6. The van der Waals surface area contributed by atoms with Crippen molar-refractivity contribution < 1.29 is 4.79 Å². The van der Waals surface area contributed by atoms with Crippen LogP contribution in [0.4, 0.5) is 11.4 Å². The summed E-state index contributed by atoms with van der Waals surface area (Å²) in [5, 5.41) is 6.27. The lowest BCUT2D eigenvalue weighted by molar-refractivity contribution is 0.0954. The molecule has 3 aromatic rings. The number of aromatic nitrogens is 1. The molecule has 3 rings (SSSR count). The van der Waals surface area contributed by atoms with E-state index in [-0.39, 0.29) is 5.91 Å². The Balaban J connectivity index is 1.61. The molecule has 4 heteroatoms. The summed E-state index contributed by atoms with van der Waals surface area (Å²) in [6.07, 6.45) is 4.11. The smallest absolute Gasteiger partial charge is 0.252 e. The number of rotatable bonds is 6. The van der Waals surface area contributed by atoms with Crippen LogP contribution in [0.3, 0.4) is 0 Å². The lowest BCUT2D eigenvalue weighted by Gasteiger charge is -2.10. The third-order valence-electron chi connectivity index (χ3n) is 4.05. The van der Waals surface area contributed by atoms with Crippen molar-refractivity contribution in [3.8, 4) is 0 Å². The van der Waals surface area contributed by atoms with Gasteiger partial charge in [-0.25, -0.2) is 0 Å². The molecule has 0 unspecified atom stereocenters. The van der Waals surface area contributed by atoms with E-state index in [4.69, 9.17) is 0 Å². The Morgan fingerprint density at radius 3 is 2.38 bits per heavy atom. The van der Waals surface area contributed by atoms with Gasteiger partial charge in [0.2, 0.25) is 0 Å². The van der Waals surface area contributed by atoms with E-state index in [1.54, 1.807) is 12.4 Å². The van der Waals surface area contributed by atoms with Crippen molar-refractivity contribution >= 4 is 17.3 Å². The van der Waals surface area contributed by atoms with E-state index in [2.05, 4.69) is 59.8 Å². The maximum absolute atomic E-state index is 12.4. The van der Waals surface area contributed by atoms with Gasteiger partial charge in [-0.3, -0.25) is 9.78 Å². The molecule has 0 spiro atoms. The van der Waals surface area contributed by atoms with Crippen LogP contribution in [0.2, 0.25) is 0 Å². The first-order valence-electron chi connectivity index (χ1n) is 8.73. The molecule has 0 aliphatic heterocycles. The third kappa shape index (κ3) is 4.93.